The number of benzene rings is 1. The normalized spacial score (nSPS) is 16.0. The van der Waals surface area contributed by atoms with Crippen LogP contribution in [0.3, 0.4) is 0 Å². The zero-order valence-electron chi connectivity index (χ0n) is 24.1. The zero-order valence-corrected chi connectivity index (χ0v) is 24.1. The van der Waals surface area contributed by atoms with Gasteiger partial charge in [-0.1, -0.05) is 39.0 Å². The van der Waals surface area contributed by atoms with Crippen LogP contribution >= 0.6 is 0 Å². The first-order chi connectivity index (χ1) is 20.0. The summed E-state index contributed by atoms with van der Waals surface area (Å²) in [7, 11) is 0. The molecule has 12 nitrogen and oxygen atoms in total. The van der Waals surface area contributed by atoms with E-state index < -0.39 is 35.6 Å². The number of primary amides is 1. The van der Waals surface area contributed by atoms with Crippen LogP contribution in [0.1, 0.15) is 51.4 Å². The maximum atomic E-state index is 13.3. The molecular formula is C30H38N6O6. The van der Waals surface area contributed by atoms with E-state index in [2.05, 4.69) is 42.5 Å². The SMILES string of the molecule is CC(C)(C)Cc1cccc2[nH]c(Cn3cccc(NC(=O)[C@H](CC/C=C/C(N)=O)NC(=O)OC4CCOC4)c3=O)nc12. The molecule has 1 saturated heterocycles. The molecule has 3 amide bonds. The fourth-order valence-electron chi connectivity index (χ4n) is 4.73. The molecule has 2 aromatic heterocycles. The van der Waals surface area contributed by atoms with Gasteiger partial charge in [-0.15, -0.1) is 0 Å². The number of aromatic nitrogens is 3. The molecule has 0 saturated carbocycles. The summed E-state index contributed by atoms with van der Waals surface area (Å²) in [6, 6.07) is 8.10. The second-order valence-electron chi connectivity index (χ2n) is 11.5. The van der Waals surface area contributed by atoms with E-state index in [4.69, 9.17) is 20.2 Å². The van der Waals surface area contributed by atoms with Gasteiger partial charge in [0.15, 0.2) is 0 Å². The van der Waals surface area contributed by atoms with Crippen molar-refractivity contribution in [3.05, 3.63) is 70.4 Å². The molecule has 1 aliphatic rings. The van der Waals surface area contributed by atoms with Crippen molar-refractivity contribution in [1.82, 2.24) is 19.9 Å². The third kappa shape index (κ3) is 8.53. The van der Waals surface area contributed by atoms with E-state index in [0.29, 0.717) is 25.5 Å². The van der Waals surface area contributed by atoms with Crippen molar-refractivity contribution in [2.45, 2.75) is 65.1 Å². The summed E-state index contributed by atoms with van der Waals surface area (Å²) in [5.41, 5.74) is 7.72. The lowest BCUT2D eigenvalue weighted by Gasteiger charge is -2.19. The molecule has 3 aromatic rings. The number of rotatable bonds is 11. The zero-order chi connectivity index (χ0) is 30.3. The van der Waals surface area contributed by atoms with Gasteiger partial charge in [0.2, 0.25) is 11.8 Å². The first-order valence-electron chi connectivity index (χ1n) is 14.0. The number of nitrogens with one attached hydrogen (secondary N) is 3. The highest BCUT2D eigenvalue weighted by Gasteiger charge is 2.25. The Hall–Kier alpha value is -4.45. The number of para-hydroxylation sites is 1. The number of alkyl carbamates (subject to hydrolysis) is 1. The number of aromatic amines is 1. The number of imidazole rings is 1. The lowest BCUT2D eigenvalue weighted by atomic mass is 9.88. The maximum absolute atomic E-state index is 13.3. The molecule has 0 aliphatic carbocycles. The summed E-state index contributed by atoms with van der Waals surface area (Å²) in [6.07, 6.45) is 4.98. The molecule has 4 rings (SSSR count). The fraction of sp³-hybridized carbons (Fsp3) is 0.433. The monoisotopic (exact) mass is 578 g/mol. The van der Waals surface area contributed by atoms with Crippen LogP contribution in [-0.4, -0.2) is 57.8 Å². The van der Waals surface area contributed by atoms with E-state index in [1.54, 1.807) is 12.3 Å². The standard InChI is InChI=1S/C30H38N6O6/c1-30(2,3)16-19-8-6-10-21-26(19)35-25(32-21)17-36-14-7-11-23(28(36)39)33-27(38)22(9-4-5-12-24(31)37)34-29(40)42-20-13-15-41-18-20/h5-8,10-12,14,20,22H,4,9,13,15-18H2,1-3H3,(H2,31,37)(H,32,35)(H,33,38)(H,34,40)/b12-5+/t20?,22-/m0/s1. The van der Waals surface area contributed by atoms with Gasteiger partial charge < -0.3 is 35.4 Å². The Kier molecular flexibility index (Phi) is 9.79. The van der Waals surface area contributed by atoms with Crippen LogP contribution in [-0.2, 0) is 32.0 Å². The van der Waals surface area contributed by atoms with Gasteiger partial charge in [-0.05, 0) is 54.5 Å². The first kappa shape index (κ1) is 30.5. The summed E-state index contributed by atoms with van der Waals surface area (Å²) in [6.45, 7) is 7.46. The lowest BCUT2D eigenvalue weighted by Crippen LogP contribution is -2.45. The Labute approximate surface area is 243 Å². The predicted octanol–water partition coefficient (Wildman–Crippen LogP) is 3.01. The van der Waals surface area contributed by atoms with E-state index >= 15 is 0 Å². The van der Waals surface area contributed by atoms with Crippen molar-refractivity contribution in [2.75, 3.05) is 18.5 Å². The molecule has 0 radical (unpaired) electrons. The molecule has 3 heterocycles. The Balaban J connectivity index is 1.48. The molecular weight excluding hydrogens is 540 g/mol. The van der Waals surface area contributed by atoms with E-state index in [0.717, 1.165) is 23.0 Å². The van der Waals surface area contributed by atoms with Crippen LogP contribution < -0.4 is 21.9 Å². The number of amides is 3. The van der Waals surface area contributed by atoms with Gasteiger partial charge in [0.1, 0.15) is 23.7 Å². The number of nitrogens with zero attached hydrogens (tertiary/aromatic N) is 2. The fourth-order valence-corrected chi connectivity index (χ4v) is 4.73. The van der Waals surface area contributed by atoms with E-state index in [9.17, 15) is 19.2 Å². The largest absolute Gasteiger partial charge is 0.444 e. The second kappa shape index (κ2) is 13.5. The van der Waals surface area contributed by atoms with Gasteiger partial charge in [-0.25, -0.2) is 9.78 Å². The van der Waals surface area contributed by atoms with Gasteiger partial charge in [0.25, 0.3) is 5.56 Å². The minimum Gasteiger partial charge on any atom is -0.444 e. The van der Waals surface area contributed by atoms with Crippen molar-refractivity contribution in [2.24, 2.45) is 11.1 Å². The predicted molar refractivity (Wildman–Crippen MR) is 158 cm³/mol. The van der Waals surface area contributed by atoms with Gasteiger partial charge in [0.05, 0.1) is 30.8 Å². The summed E-state index contributed by atoms with van der Waals surface area (Å²) in [5.74, 6) is -0.617. The number of H-pyrrole nitrogens is 1. The smallest absolute Gasteiger partial charge is 0.408 e. The molecule has 1 unspecified atom stereocenters. The van der Waals surface area contributed by atoms with Gasteiger partial charge in [0, 0.05) is 12.6 Å². The molecule has 2 atom stereocenters. The van der Waals surface area contributed by atoms with E-state index in [1.165, 1.54) is 22.8 Å². The second-order valence-corrected chi connectivity index (χ2v) is 11.5. The minimum absolute atomic E-state index is 0.0454. The van der Waals surface area contributed by atoms with Crippen LogP contribution in [0.15, 0.2) is 53.5 Å². The Morgan fingerprint density at radius 2 is 2.07 bits per heavy atom. The third-order valence-electron chi connectivity index (χ3n) is 6.64. The van der Waals surface area contributed by atoms with Crippen LogP contribution in [0, 0.1) is 5.41 Å². The topological polar surface area (TPSA) is 170 Å². The summed E-state index contributed by atoms with van der Waals surface area (Å²) >= 11 is 0. The van der Waals surface area contributed by atoms with Crippen molar-refractivity contribution < 1.29 is 23.9 Å². The lowest BCUT2D eigenvalue weighted by molar-refractivity contribution is -0.118. The van der Waals surface area contributed by atoms with Crippen LogP contribution in [0.4, 0.5) is 10.5 Å². The number of hydrogen-bond acceptors (Lipinski definition) is 7. The van der Waals surface area contributed by atoms with Crippen LogP contribution in [0.25, 0.3) is 11.0 Å². The van der Waals surface area contributed by atoms with Crippen LogP contribution in [0.2, 0.25) is 0 Å². The number of anilines is 1. The average molecular weight is 579 g/mol. The molecule has 5 N–H and O–H groups in total. The van der Waals surface area contributed by atoms with Crippen molar-refractivity contribution in [3.63, 3.8) is 0 Å². The summed E-state index contributed by atoms with van der Waals surface area (Å²) < 4.78 is 12.0. The summed E-state index contributed by atoms with van der Waals surface area (Å²) in [5, 5.41) is 5.19. The number of fused-ring (bicyclic) bond motifs is 1. The maximum Gasteiger partial charge on any atom is 0.408 e. The third-order valence-corrected chi connectivity index (χ3v) is 6.64. The Morgan fingerprint density at radius 1 is 1.26 bits per heavy atom. The number of pyridine rings is 1. The molecule has 12 heteroatoms. The molecule has 1 aromatic carbocycles. The highest BCUT2D eigenvalue weighted by molar-refractivity contribution is 5.96. The quantitative estimate of drug-likeness (QED) is 0.253. The Bertz CT molecular complexity index is 1510. The molecule has 0 spiro atoms. The van der Waals surface area contributed by atoms with E-state index in [-0.39, 0.29) is 30.5 Å². The van der Waals surface area contributed by atoms with Gasteiger partial charge in [-0.3, -0.25) is 14.4 Å². The number of carbonyl (C=O) groups excluding carboxylic acids is 3. The number of hydrogen-bond donors (Lipinski definition) is 4. The van der Waals surface area contributed by atoms with Crippen LogP contribution in [0.5, 0.6) is 0 Å². The molecule has 224 valence electrons. The van der Waals surface area contributed by atoms with Gasteiger partial charge in [-0.2, -0.15) is 0 Å². The molecule has 42 heavy (non-hydrogen) atoms. The number of carbonyl (C=O) groups is 3. The molecule has 1 fully saturated rings. The van der Waals surface area contributed by atoms with Crippen molar-refractivity contribution in [3.8, 4) is 0 Å². The van der Waals surface area contributed by atoms with E-state index in [1.807, 2.05) is 12.1 Å². The summed E-state index contributed by atoms with van der Waals surface area (Å²) in [4.78, 5) is 58.1. The highest BCUT2D eigenvalue weighted by Crippen LogP contribution is 2.25. The van der Waals surface area contributed by atoms with Gasteiger partial charge >= 0.3 is 6.09 Å². The number of allylic oxidation sites excluding steroid dienone is 1. The minimum atomic E-state index is -1.04. The number of nitrogens with two attached hydrogens (primary N) is 1. The molecule has 1 aliphatic heterocycles. The van der Waals surface area contributed by atoms with Crippen molar-refractivity contribution >= 4 is 34.6 Å². The molecule has 0 bridgehead atoms. The number of ether oxygens (including phenoxy) is 2. The van der Waals surface area contributed by atoms with Crippen molar-refractivity contribution in [1.29, 1.82) is 0 Å². The highest BCUT2D eigenvalue weighted by atomic mass is 16.6. The first-order valence-corrected chi connectivity index (χ1v) is 14.0. The Morgan fingerprint density at radius 3 is 2.79 bits per heavy atom. The average Bonchev–Trinajstić information content (AvgIpc) is 3.57.